The Morgan fingerprint density at radius 2 is 1.79 bits per heavy atom. The van der Waals surface area contributed by atoms with E-state index in [2.05, 4.69) is 0 Å². The van der Waals surface area contributed by atoms with Crippen LogP contribution in [0.2, 0.25) is 5.02 Å². The van der Waals surface area contributed by atoms with Gasteiger partial charge in [0.2, 0.25) is 0 Å². The fourth-order valence-electron chi connectivity index (χ4n) is 1.78. The number of hydrogen-bond acceptors (Lipinski definition) is 3. The average Bonchev–Trinajstić information content (AvgIpc) is 2.94. The van der Waals surface area contributed by atoms with Crippen LogP contribution in [0.5, 0.6) is 0 Å². The van der Waals surface area contributed by atoms with Crippen molar-refractivity contribution in [3.05, 3.63) is 34.3 Å². The van der Waals surface area contributed by atoms with Gasteiger partial charge in [0.1, 0.15) is 0 Å². The van der Waals surface area contributed by atoms with E-state index in [0.29, 0.717) is 18.2 Å². The lowest BCUT2D eigenvalue weighted by molar-refractivity contribution is -0.0442. The maximum absolute atomic E-state index is 9.39. The van der Waals surface area contributed by atoms with Crippen LogP contribution in [0, 0.1) is 0 Å². The molecule has 0 aromatic heterocycles. The number of benzene rings is 1. The second kappa shape index (κ2) is 7.25. The van der Waals surface area contributed by atoms with Gasteiger partial charge in [0.15, 0.2) is 6.29 Å². The molecule has 0 unspecified atom stereocenters. The van der Waals surface area contributed by atoms with Crippen molar-refractivity contribution in [2.24, 2.45) is 0 Å². The molecule has 1 fully saturated rings. The standard InChI is InChI=1S/C13H17ClO3.C2H6/c1-13(2,8-15)10-5-9(6-11(14)7-10)12-16-3-4-17-12;1-2/h5-7,12,15H,3-4,8H2,1-2H3;1-2H3. The van der Waals surface area contributed by atoms with Gasteiger partial charge in [-0.1, -0.05) is 45.4 Å². The summed E-state index contributed by atoms with van der Waals surface area (Å²) in [6.45, 7) is 9.22. The largest absolute Gasteiger partial charge is 0.395 e. The van der Waals surface area contributed by atoms with E-state index in [1.54, 1.807) is 0 Å². The molecule has 0 radical (unpaired) electrons. The molecule has 3 nitrogen and oxygen atoms in total. The van der Waals surface area contributed by atoms with E-state index in [9.17, 15) is 5.11 Å². The summed E-state index contributed by atoms with van der Waals surface area (Å²) in [6.07, 6.45) is -0.332. The van der Waals surface area contributed by atoms with E-state index in [1.165, 1.54) is 0 Å². The van der Waals surface area contributed by atoms with Gasteiger partial charge >= 0.3 is 0 Å². The average molecular weight is 287 g/mol. The first kappa shape index (κ1) is 16.4. The maximum Gasteiger partial charge on any atom is 0.184 e. The molecular formula is C15H23ClO3. The number of ether oxygens (including phenoxy) is 2. The van der Waals surface area contributed by atoms with Gasteiger partial charge in [0.05, 0.1) is 19.8 Å². The van der Waals surface area contributed by atoms with Crippen molar-refractivity contribution in [1.29, 1.82) is 0 Å². The highest BCUT2D eigenvalue weighted by Crippen LogP contribution is 2.31. The van der Waals surface area contributed by atoms with E-state index in [-0.39, 0.29) is 18.3 Å². The van der Waals surface area contributed by atoms with Gasteiger partial charge in [-0.2, -0.15) is 0 Å². The summed E-state index contributed by atoms with van der Waals surface area (Å²) >= 11 is 6.10. The maximum atomic E-state index is 9.39. The highest BCUT2D eigenvalue weighted by Gasteiger charge is 2.24. The SMILES string of the molecule is CC.CC(C)(CO)c1cc(Cl)cc(C2OCCO2)c1. The van der Waals surface area contributed by atoms with Crippen LogP contribution in [0.25, 0.3) is 0 Å². The molecule has 19 heavy (non-hydrogen) atoms. The molecule has 108 valence electrons. The fraction of sp³-hybridized carbons (Fsp3) is 0.600. The second-order valence-corrected chi connectivity index (χ2v) is 5.33. The lowest BCUT2D eigenvalue weighted by Crippen LogP contribution is -2.22. The zero-order chi connectivity index (χ0) is 14.5. The van der Waals surface area contributed by atoms with Gasteiger partial charge in [-0.05, 0) is 17.7 Å². The van der Waals surface area contributed by atoms with Gasteiger partial charge in [0.25, 0.3) is 0 Å². The second-order valence-electron chi connectivity index (χ2n) is 4.89. The Kier molecular flexibility index (Phi) is 6.27. The summed E-state index contributed by atoms with van der Waals surface area (Å²) in [7, 11) is 0. The van der Waals surface area contributed by atoms with Crippen molar-refractivity contribution >= 4 is 11.6 Å². The third kappa shape index (κ3) is 4.18. The molecule has 1 saturated heterocycles. The van der Waals surface area contributed by atoms with Crippen LogP contribution in [0.3, 0.4) is 0 Å². The molecule has 2 rings (SSSR count). The molecule has 0 aliphatic carbocycles. The van der Waals surface area contributed by atoms with Crippen LogP contribution in [0.15, 0.2) is 18.2 Å². The molecule has 0 amide bonds. The molecule has 1 N–H and O–H groups in total. The molecule has 4 heteroatoms. The first-order valence-corrected chi connectivity index (χ1v) is 7.06. The molecular weight excluding hydrogens is 264 g/mol. The third-order valence-corrected chi connectivity index (χ3v) is 3.21. The van der Waals surface area contributed by atoms with Crippen LogP contribution in [0.1, 0.15) is 45.1 Å². The van der Waals surface area contributed by atoms with E-state index in [0.717, 1.165) is 11.1 Å². The van der Waals surface area contributed by atoms with Crippen molar-refractivity contribution < 1.29 is 14.6 Å². The van der Waals surface area contributed by atoms with Crippen molar-refractivity contribution in [3.8, 4) is 0 Å². The topological polar surface area (TPSA) is 38.7 Å². The van der Waals surface area contributed by atoms with Crippen molar-refractivity contribution in [1.82, 2.24) is 0 Å². The number of halogens is 1. The summed E-state index contributed by atoms with van der Waals surface area (Å²) in [5.74, 6) is 0. The monoisotopic (exact) mass is 286 g/mol. The minimum absolute atomic E-state index is 0.0686. The number of hydrogen-bond donors (Lipinski definition) is 1. The van der Waals surface area contributed by atoms with E-state index in [1.807, 2.05) is 45.9 Å². The molecule has 1 aromatic carbocycles. The Balaban J connectivity index is 0.000000861. The fourth-order valence-corrected chi connectivity index (χ4v) is 2.02. The lowest BCUT2D eigenvalue weighted by Gasteiger charge is -2.24. The van der Waals surface area contributed by atoms with Crippen LogP contribution < -0.4 is 0 Å². The quantitative estimate of drug-likeness (QED) is 0.921. The van der Waals surface area contributed by atoms with Crippen molar-refractivity contribution in [2.75, 3.05) is 19.8 Å². The Bertz CT molecular complexity index is 398. The zero-order valence-corrected chi connectivity index (χ0v) is 12.8. The van der Waals surface area contributed by atoms with Gasteiger partial charge in [-0.3, -0.25) is 0 Å². The zero-order valence-electron chi connectivity index (χ0n) is 12.1. The van der Waals surface area contributed by atoms with Crippen LogP contribution in [-0.2, 0) is 14.9 Å². The Morgan fingerprint density at radius 3 is 2.32 bits per heavy atom. The molecule has 1 aliphatic rings. The summed E-state index contributed by atoms with van der Waals surface area (Å²) in [6, 6.07) is 5.70. The third-order valence-electron chi connectivity index (χ3n) is 2.99. The van der Waals surface area contributed by atoms with E-state index >= 15 is 0 Å². The van der Waals surface area contributed by atoms with Gasteiger partial charge in [-0.15, -0.1) is 0 Å². The minimum Gasteiger partial charge on any atom is -0.395 e. The molecule has 1 aliphatic heterocycles. The molecule has 0 saturated carbocycles. The van der Waals surface area contributed by atoms with Crippen LogP contribution in [-0.4, -0.2) is 24.9 Å². The van der Waals surface area contributed by atoms with Gasteiger partial charge in [0, 0.05) is 16.0 Å². The highest BCUT2D eigenvalue weighted by molar-refractivity contribution is 6.30. The Morgan fingerprint density at radius 1 is 1.21 bits per heavy atom. The first-order chi connectivity index (χ1) is 9.03. The van der Waals surface area contributed by atoms with Crippen LogP contribution in [0.4, 0.5) is 0 Å². The van der Waals surface area contributed by atoms with Crippen molar-refractivity contribution in [2.45, 2.75) is 39.4 Å². The normalized spacial score (nSPS) is 16.1. The highest BCUT2D eigenvalue weighted by atomic mass is 35.5. The number of rotatable bonds is 3. The smallest absolute Gasteiger partial charge is 0.184 e. The summed E-state index contributed by atoms with van der Waals surface area (Å²) in [4.78, 5) is 0. The Hall–Kier alpha value is -0.610. The summed E-state index contributed by atoms with van der Waals surface area (Å²) in [5, 5.41) is 10.0. The first-order valence-electron chi connectivity index (χ1n) is 6.68. The summed E-state index contributed by atoms with van der Waals surface area (Å²) in [5.41, 5.74) is 1.58. The van der Waals surface area contributed by atoms with Gasteiger partial charge < -0.3 is 14.6 Å². The predicted octanol–water partition coefficient (Wildman–Crippen LogP) is 3.68. The molecule has 1 heterocycles. The molecule has 0 bridgehead atoms. The van der Waals surface area contributed by atoms with Gasteiger partial charge in [-0.25, -0.2) is 0 Å². The molecule has 0 atom stereocenters. The number of aliphatic hydroxyl groups is 1. The minimum atomic E-state index is -0.332. The summed E-state index contributed by atoms with van der Waals surface area (Å²) < 4.78 is 10.9. The predicted molar refractivity (Wildman–Crippen MR) is 77.6 cm³/mol. The lowest BCUT2D eigenvalue weighted by atomic mass is 9.85. The van der Waals surface area contributed by atoms with E-state index < -0.39 is 0 Å². The number of aliphatic hydroxyl groups excluding tert-OH is 1. The van der Waals surface area contributed by atoms with Crippen molar-refractivity contribution in [3.63, 3.8) is 0 Å². The molecule has 0 spiro atoms. The van der Waals surface area contributed by atoms with Crippen LogP contribution >= 0.6 is 11.6 Å². The molecule has 1 aromatic rings. The Labute approximate surface area is 120 Å². The van der Waals surface area contributed by atoms with E-state index in [4.69, 9.17) is 21.1 Å².